The summed E-state index contributed by atoms with van der Waals surface area (Å²) in [6.45, 7) is -2.85. The van der Waals surface area contributed by atoms with Crippen LogP contribution in [0.1, 0.15) is 21.5 Å². The van der Waals surface area contributed by atoms with Gasteiger partial charge < -0.3 is 14.2 Å². The third-order valence-corrected chi connectivity index (χ3v) is 4.32. The molecule has 4 nitrogen and oxygen atoms in total. The number of methoxy groups -OCH3 is 1. The van der Waals surface area contributed by atoms with Crippen molar-refractivity contribution in [1.29, 1.82) is 0 Å². The van der Waals surface area contributed by atoms with E-state index < -0.39 is 12.4 Å². The van der Waals surface area contributed by atoms with Gasteiger partial charge in [0.15, 0.2) is 17.3 Å². The second-order valence-corrected chi connectivity index (χ2v) is 6.39. The number of ketones is 1. The largest absolute Gasteiger partial charge is 0.496 e. The van der Waals surface area contributed by atoms with Gasteiger partial charge in [-0.05, 0) is 60.2 Å². The molecule has 0 saturated carbocycles. The van der Waals surface area contributed by atoms with Crippen LogP contribution in [-0.4, -0.2) is 19.5 Å². The van der Waals surface area contributed by atoms with E-state index in [4.69, 9.17) is 9.47 Å². The summed E-state index contributed by atoms with van der Waals surface area (Å²) in [5, 5.41) is 0. The summed E-state index contributed by atoms with van der Waals surface area (Å²) < 4.78 is 53.3. The standard InChI is InChI=1S/C24H19F3O4/c1-29-22-13-7-16(14-18(22)15-30-23-5-3-2-4-20(23)25)6-12-21(28)17-8-10-19(11-9-17)31-24(26)27/h2-14,24H,15H2,1H3/b12-6+. The van der Waals surface area contributed by atoms with Crippen LogP contribution < -0.4 is 14.2 Å². The number of alkyl halides is 2. The molecule has 160 valence electrons. The first-order valence-electron chi connectivity index (χ1n) is 9.28. The predicted octanol–water partition coefficient (Wildman–Crippen LogP) is 5.91. The Hall–Kier alpha value is -3.74. The second kappa shape index (κ2) is 10.3. The predicted molar refractivity (Wildman–Crippen MR) is 110 cm³/mol. The van der Waals surface area contributed by atoms with E-state index in [0.717, 1.165) is 0 Å². The molecule has 0 saturated heterocycles. The number of hydrogen-bond donors (Lipinski definition) is 0. The molecule has 3 aromatic rings. The normalized spacial score (nSPS) is 11.0. The fraction of sp³-hybridized carbons (Fsp3) is 0.125. The smallest absolute Gasteiger partial charge is 0.387 e. The van der Waals surface area contributed by atoms with Crippen molar-refractivity contribution in [2.24, 2.45) is 0 Å². The van der Waals surface area contributed by atoms with Crippen molar-refractivity contribution in [3.63, 3.8) is 0 Å². The van der Waals surface area contributed by atoms with Crippen molar-refractivity contribution in [2.75, 3.05) is 7.11 Å². The van der Waals surface area contributed by atoms with Crippen LogP contribution in [0.3, 0.4) is 0 Å². The van der Waals surface area contributed by atoms with Gasteiger partial charge >= 0.3 is 6.61 Å². The average molecular weight is 428 g/mol. The molecule has 0 aliphatic carbocycles. The van der Waals surface area contributed by atoms with E-state index in [0.29, 0.717) is 22.4 Å². The van der Waals surface area contributed by atoms with Crippen LogP contribution in [0.4, 0.5) is 13.2 Å². The molecule has 0 aromatic heterocycles. The number of allylic oxidation sites excluding steroid dienone is 1. The minimum absolute atomic E-state index is 0.0230. The number of carbonyl (C=O) groups is 1. The van der Waals surface area contributed by atoms with Gasteiger partial charge in [-0.25, -0.2) is 4.39 Å². The van der Waals surface area contributed by atoms with Crippen LogP contribution in [0.5, 0.6) is 17.2 Å². The highest BCUT2D eigenvalue weighted by molar-refractivity contribution is 6.06. The molecule has 0 heterocycles. The second-order valence-electron chi connectivity index (χ2n) is 6.39. The lowest BCUT2D eigenvalue weighted by Crippen LogP contribution is -2.02. The van der Waals surface area contributed by atoms with E-state index in [9.17, 15) is 18.0 Å². The van der Waals surface area contributed by atoms with Crippen molar-refractivity contribution >= 4 is 11.9 Å². The molecule has 0 amide bonds. The molecule has 0 fully saturated rings. The van der Waals surface area contributed by atoms with Crippen molar-refractivity contribution in [3.05, 3.63) is 95.3 Å². The molecule has 3 rings (SSSR count). The summed E-state index contributed by atoms with van der Waals surface area (Å²) in [6, 6.07) is 16.8. The molecule has 3 aromatic carbocycles. The van der Waals surface area contributed by atoms with Crippen LogP contribution in [0.25, 0.3) is 6.08 Å². The number of para-hydroxylation sites is 1. The molecule has 0 N–H and O–H groups in total. The summed E-state index contributed by atoms with van der Waals surface area (Å²) in [4.78, 5) is 12.3. The zero-order valence-corrected chi connectivity index (χ0v) is 16.6. The first-order valence-corrected chi connectivity index (χ1v) is 9.28. The quantitative estimate of drug-likeness (QED) is 0.314. The Bertz CT molecular complexity index is 1060. The summed E-state index contributed by atoms with van der Waals surface area (Å²) in [5.74, 6) is -0.101. The molecule has 31 heavy (non-hydrogen) atoms. The van der Waals surface area contributed by atoms with E-state index in [-0.39, 0.29) is 23.9 Å². The first-order chi connectivity index (χ1) is 15.0. The molecule has 7 heteroatoms. The third-order valence-electron chi connectivity index (χ3n) is 4.32. The Morgan fingerprint density at radius 3 is 2.42 bits per heavy atom. The lowest BCUT2D eigenvalue weighted by atomic mass is 10.1. The average Bonchev–Trinajstić information content (AvgIpc) is 2.77. The molecule has 0 unspecified atom stereocenters. The number of benzene rings is 3. The molecule has 0 atom stereocenters. The first kappa shape index (κ1) is 22.0. The third kappa shape index (κ3) is 6.12. The number of carbonyl (C=O) groups excluding carboxylic acids is 1. The Labute approximate surface area is 177 Å². The molecule has 0 bridgehead atoms. The van der Waals surface area contributed by atoms with Crippen molar-refractivity contribution in [3.8, 4) is 17.2 Å². The van der Waals surface area contributed by atoms with Gasteiger partial charge in [0.1, 0.15) is 18.1 Å². The lowest BCUT2D eigenvalue weighted by Gasteiger charge is -2.11. The topological polar surface area (TPSA) is 44.8 Å². The summed E-state index contributed by atoms with van der Waals surface area (Å²) in [5.41, 5.74) is 1.71. The number of hydrogen-bond acceptors (Lipinski definition) is 4. The zero-order chi connectivity index (χ0) is 22.2. The van der Waals surface area contributed by atoms with Gasteiger partial charge in [-0.2, -0.15) is 8.78 Å². The molecule has 0 aliphatic rings. The minimum Gasteiger partial charge on any atom is -0.496 e. The summed E-state index contributed by atoms with van der Waals surface area (Å²) in [6.07, 6.45) is 2.98. The van der Waals surface area contributed by atoms with Gasteiger partial charge in [0.25, 0.3) is 0 Å². The minimum atomic E-state index is -2.92. The van der Waals surface area contributed by atoms with Crippen molar-refractivity contribution in [1.82, 2.24) is 0 Å². The Kier molecular flexibility index (Phi) is 7.32. The van der Waals surface area contributed by atoms with Crippen LogP contribution in [0, 0.1) is 5.82 Å². The van der Waals surface area contributed by atoms with Crippen LogP contribution in [-0.2, 0) is 6.61 Å². The Morgan fingerprint density at radius 1 is 1.00 bits per heavy atom. The van der Waals surface area contributed by atoms with E-state index in [1.54, 1.807) is 36.4 Å². The van der Waals surface area contributed by atoms with Gasteiger partial charge in [0, 0.05) is 11.1 Å². The summed E-state index contributed by atoms with van der Waals surface area (Å²) in [7, 11) is 1.52. The number of ether oxygens (including phenoxy) is 3. The highest BCUT2D eigenvalue weighted by Crippen LogP contribution is 2.24. The summed E-state index contributed by atoms with van der Waals surface area (Å²) >= 11 is 0. The van der Waals surface area contributed by atoms with E-state index in [1.807, 2.05) is 0 Å². The maximum atomic E-state index is 13.8. The van der Waals surface area contributed by atoms with Gasteiger partial charge in [-0.15, -0.1) is 0 Å². The monoisotopic (exact) mass is 428 g/mol. The molecular weight excluding hydrogens is 409 g/mol. The maximum absolute atomic E-state index is 13.8. The molecule has 0 aliphatic heterocycles. The van der Waals surface area contributed by atoms with Crippen LogP contribution >= 0.6 is 0 Å². The molecule has 0 radical (unpaired) electrons. The lowest BCUT2D eigenvalue weighted by molar-refractivity contribution is -0.0498. The highest BCUT2D eigenvalue weighted by atomic mass is 19.3. The van der Waals surface area contributed by atoms with Crippen LogP contribution in [0.2, 0.25) is 0 Å². The van der Waals surface area contributed by atoms with E-state index in [2.05, 4.69) is 4.74 Å². The fourth-order valence-corrected chi connectivity index (χ4v) is 2.80. The Morgan fingerprint density at radius 2 is 1.74 bits per heavy atom. The molecule has 0 spiro atoms. The number of rotatable bonds is 9. The van der Waals surface area contributed by atoms with Gasteiger partial charge in [0.05, 0.1) is 7.11 Å². The van der Waals surface area contributed by atoms with Crippen LogP contribution in [0.15, 0.2) is 72.8 Å². The van der Waals surface area contributed by atoms with Crippen molar-refractivity contribution < 1.29 is 32.2 Å². The van der Waals surface area contributed by atoms with E-state index in [1.165, 1.54) is 49.6 Å². The van der Waals surface area contributed by atoms with Gasteiger partial charge in [-0.3, -0.25) is 4.79 Å². The fourth-order valence-electron chi connectivity index (χ4n) is 2.80. The SMILES string of the molecule is COc1ccc(/C=C/C(=O)c2ccc(OC(F)F)cc2)cc1COc1ccccc1F. The Balaban J connectivity index is 1.70. The molecular formula is C24H19F3O4. The van der Waals surface area contributed by atoms with Gasteiger partial charge in [-0.1, -0.05) is 24.3 Å². The number of halogens is 3. The zero-order valence-electron chi connectivity index (χ0n) is 16.6. The van der Waals surface area contributed by atoms with E-state index >= 15 is 0 Å². The van der Waals surface area contributed by atoms with Crippen molar-refractivity contribution in [2.45, 2.75) is 13.2 Å². The maximum Gasteiger partial charge on any atom is 0.387 e. The highest BCUT2D eigenvalue weighted by Gasteiger charge is 2.09. The van der Waals surface area contributed by atoms with Gasteiger partial charge in [0.2, 0.25) is 0 Å².